The van der Waals surface area contributed by atoms with E-state index in [1.165, 1.54) is 0 Å². The highest BCUT2D eigenvalue weighted by Gasteiger charge is 2.27. The second kappa shape index (κ2) is 6.46. The van der Waals surface area contributed by atoms with Crippen LogP contribution in [0.15, 0.2) is 42.6 Å². The number of hydrogen-bond donors (Lipinski definition) is 2. The maximum atomic E-state index is 12.7. The second-order valence-electron chi connectivity index (χ2n) is 6.41. The first-order chi connectivity index (χ1) is 12.5. The largest absolute Gasteiger partial charge is 0.348 e. The van der Waals surface area contributed by atoms with E-state index >= 15 is 0 Å². The SMILES string of the molecule is Cc1ccc(NC(=O)c2nc(C(=O)NC3CC3)c3ccccn23)cc1Cl. The van der Waals surface area contributed by atoms with Gasteiger partial charge < -0.3 is 10.6 Å². The summed E-state index contributed by atoms with van der Waals surface area (Å²) in [6.45, 7) is 1.89. The molecule has 1 fully saturated rings. The van der Waals surface area contributed by atoms with Crippen LogP contribution in [0.2, 0.25) is 5.02 Å². The van der Waals surface area contributed by atoms with Crippen molar-refractivity contribution >= 4 is 34.6 Å². The summed E-state index contributed by atoms with van der Waals surface area (Å²) < 4.78 is 1.62. The molecule has 3 aromatic rings. The number of nitrogens with one attached hydrogen (secondary N) is 2. The van der Waals surface area contributed by atoms with Crippen molar-refractivity contribution in [2.75, 3.05) is 5.32 Å². The molecule has 0 spiro atoms. The van der Waals surface area contributed by atoms with Crippen molar-refractivity contribution in [2.24, 2.45) is 0 Å². The lowest BCUT2D eigenvalue weighted by atomic mass is 10.2. The zero-order valence-corrected chi connectivity index (χ0v) is 14.9. The number of imidazole rings is 1. The van der Waals surface area contributed by atoms with Crippen LogP contribution >= 0.6 is 11.6 Å². The number of amides is 2. The second-order valence-corrected chi connectivity index (χ2v) is 6.81. The molecule has 1 aromatic carbocycles. The van der Waals surface area contributed by atoms with Crippen LogP contribution in [-0.4, -0.2) is 27.2 Å². The number of anilines is 1. The van der Waals surface area contributed by atoms with Crippen LogP contribution in [0.5, 0.6) is 0 Å². The van der Waals surface area contributed by atoms with Gasteiger partial charge in [0.2, 0.25) is 5.82 Å². The fraction of sp³-hybridized carbons (Fsp3) is 0.211. The Morgan fingerprint density at radius 1 is 1.19 bits per heavy atom. The maximum Gasteiger partial charge on any atom is 0.292 e. The van der Waals surface area contributed by atoms with Gasteiger partial charge in [0.25, 0.3) is 11.8 Å². The molecular formula is C19H17ClN4O2. The maximum absolute atomic E-state index is 12.7. The number of rotatable bonds is 4. The number of hydrogen-bond acceptors (Lipinski definition) is 3. The van der Waals surface area contributed by atoms with Crippen LogP contribution < -0.4 is 10.6 Å². The van der Waals surface area contributed by atoms with Gasteiger partial charge in [0.05, 0.1) is 5.52 Å². The zero-order chi connectivity index (χ0) is 18.3. The Morgan fingerprint density at radius 2 is 2.00 bits per heavy atom. The van der Waals surface area contributed by atoms with Crippen molar-refractivity contribution in [2.45, 2.75) is 25.8 Å². The van der Waals surface area contributed by atoms with Crippen LogP contribution in [0.1, 0.15) is 39.5 Å². The zero-order valence-electron chi connectivity index (χ0n) is 14.1. The first kappa shape index (κ1) is 16.6. The summed E-state index contributed by atoms with van der Waals surface area (Å²) in [6, 6.07) is 10.9. The van der Waals surface area contributed by atoms with Crippen LogP contribution in [0.4, 0.5) is 5.69 Å². The molecule has 0 aliphatic heterocycles. The van der Waals surface area contributed by atoms with E-state index in [4.69, 9.17) is 11.6 Å². The van der Waals surface area contributed by atoms with Gasteiger partial charge in [-0.15, -0.1) is 0 Å². The minimum absolute atomic E-state index is 0.151. The van der Waals surface area contributed by atoms with Crippen molar-refractivity contribution in [3.8, 4) is 0 Å². The van der Waals surface area contributed by atoms with E-state index < -0.39 is 5.91 Å². The average molecular weight is 369 g/mol. The Kier molecular flexibility index (Phi) is 4.12. The average Bonchev–Trinajstić information content (AvgIpc) is 3.34. The van der Waals surface area contributed by atoms with Crippen LogP contribution in [0.3, 0.4) is 0 Å². The fourth-order valence-corrected chi connectivity index (χ4v) is 2.88. The molecule has 0 unspecified atom stereocenters. The highest BCUT2D eigenvalue weighted by molar-refractivity contribution is 6.31. The molecule has 1 aliphatic carbocycles. The Hall–Kier alpha value is -2.86. The van der Waals surface area contributed by atoms with E-state index in [2.05, 4.69) is 15.6 Å². The number of benzene rings is 1. The van der Waals surface area contributed by atoms with Crippen molar-refractivity contribution in [3.05, 3.63) is 64.7 Å². The lowest BCUT2D eigenvalue weighted by molar-refractivity contribution is 0.0948. The number of carbonyl (C=O) groups is 2. The standard InChI is InChI=1S/C19H17ClN4O2/c1-11-5-6-13(10-14(11)20)22-19(26)17-23-16(18(25)21-12-7-8-12)15-4-2-3-9-24(15)17/h2-6,9-10,12H,7-8H2,1H3,(H,21,25)(H,22,26). The molecule has 0 atom stereocenters. The number of halogens is 1. The number of aromatic nitrogens is 2. The molecule has 132 valence electrons. The van der Waals surface area contributed by atoms with Gasteiger partial charge in [-0.25, -0.2) is 4.98 Å². The van der Waals surface area contributed by atoms with Crippen LogP contribution in [0, 0.1) is 6.92 Å². The summed E-state index contributed by atoms with van der Waals surface area (Å²) in [5, 5.41) is 6.27. The van der Waals surface area contributed by atoms with E-state index in [0.29, 0.717) is 16.2 Å². The third kappa shape index (κ3) is 3.15. The molecule has 0 bridgehead atoms. The lowest BCUT2D eigenvalue weighted by Crippen LogP contribution is -2.26. The van der Waals surface area contributed by atoms with Crippen molar-refractivity contribution < 1.29 is 9.59 Å². The minimum atomic E-state index is -0.406. The molecule has 2 amide bonds. The summed E-state index contributed by atoms with van der Waals surface area (Å²) in [5.74, 6) is -0.511. The number of aryl methyl sites for hydroxylation is 1. The summed E-state index contributed by atoms with van der Waals surface area (Å²) >= 11 is 6.11. The summed E-state index contributed by atoms with van der Waals surface area (Å²) in [4.78, 5) is 29.5. The van der Waals surface area contributed by atoms with Gasteiger partial charge in [0, 0.05) is 22.9 Å². The summed E-state index contributed by atoms with van der Waals surface area (Å²) in [5.41, 5.74) is 2.35. The van der Waals surface area contributed by atoms with Crippen LogP contribution in [0.25, 0.3) is 5.52 Å². The van der Waals surface area contributed by atoms with Gasteiger partial charge in [-0.3, -0.25) is 14.0 Å². The quantitative estimate of drug-likeness (QED) is 0.740. The molecule has 1 aliphatic rings. The first-order valence-corrected chi connectivity index (χ1v) is 8.76. The molecule has 7 heteroatoms. The molecule has 2 heterocycles. The monoisotopic (exact) mass is 368 g/mol. The number of fused-ring (bicyclic) bond motifs is 1. The van der Waals surface area contributed by atoms with E-state index in [1.807, 2.05) is 19.1 Å². The van der Waals surface area contributed by atoms with E-state index in [9.17, 15) is 9.59 Å². The summed E-state index contributed by atoms with van der Waals surface area (Å²) in [6.07, 6.45) is 3.69. The molecule has 0 radical (unpaired) electrons. The predicted octanol–water partition coefficient (Wildman–Crippen LogP) is 3.44. The Morgan fingerprint density at radius 3 is 2.73 bits per heavy atom. The molecule has 2 aromatic heterocycles. The molecule has 1 saturated carbocycles. The van der Waals surface area contributed by atoms with E-state index in [0.717, 1.165) is 18.4 Å². The number of carbonyl (C=O) groups excluding carboxylic acids is 2. The molecule has 4 rings (SSSR count). The van der Waals surface area contributed by atoms with Gasteiger partial charge in [0.15, 0.2) is 5.69 Å². The van der Waals surface area contributed by atoms with E-state index in [1.54, 1.807) is 34.9 Å². The minimum Gasteiger partial charge on any atom is -0.348 e. The Bertz CT molecular complexity index is 1020. The normalized spacial score (nSPS) is 13.6. The lowest BCUT2D eigenvalue weighted by Gasteiger charge is -2.06. The van der Waals surface area contributed by atoms with Gasteiger partial charge in [0.1, 0.15) is 0 Å². The molecule has 6 nitrogen and oxygen atoms in total. The molecule has 0 saturated heterocycles. The third-order valence-electron chi connectivity index (χ3n) is 4.31. The van der Waals surface area contributed by atoms with Crippen molar-refractivity contribution in [3.63, 3.8) is 0 Å². The molecule has 26 heavy (non-hydrogen) atoms. The topological polar surface area (TPSA) is 75.5 Å². The van der Waals surface area contributed by atoms with Crippen molar-refractivity contribution in [1.82, 2.24) is 14.7 Å². The van der Waals surface area contributed by atoms with Crippen LogP contribution in [-0.2, 0) is 0 Å². The van der Waals surface area contributed by atoms with Gasteiger partial charge in [-0.05, 0) is 49.6 Å². The predicted molar refractivity (Wildman–Crippen MR) is 99.8 cm³/mol. The molecular weight excluding hydrogens is 352 g/mol. The van der Waals surface area contributed by atoms with Gasteiger partial charge >= 0.3 is 0 Å². The summed E-state index contributed by atoms with van der Waals surface area (Å²) in [7, 11) is 0. The third-order valence-corrected chi connectivity index (χ3v) is 4.72. The Labute approximate surface area is 155 Å². The van der Waals surface area contributed by atoms with Gasteiger partial charge in [-0.2, -0.15) is 0 Å². The first-order valence-electron chi connectivity index (χ1n) is 8.38. The number of nitrogens with zero attached hydrogens (tertiary/aromatic N) is 2. The van der Waals surface area contributed by atoms with Crippen molar-refractivity contribution in [1.29, 1.82) is 0 Å². The van der Waals surface area contributed by atoms with E-state index in [-0.39, 0.29) is 23.5 Å². The number of pyridine rings is 1. The highest BCUT2D eigenvalue weighted by Crippen LogP contribution is 2.22. The smallest absolute Gasteiger partial charge is 0.292 e. The van der Waals surface area contributed by atoms with Gasteiger partial charge in [-0.1, -0.05) is 23.7 Å². The Balaban J connectivity index is 1.67. The molecule has 2 N–H and O–H groups in total. The fourth-order valence-electron chi connectivity index (χ4n) is 2.70. The highest BCUT2D eigenvalue weighted by atomic mass is 35.5.